The Bertz CT molecular complexity index is 2070. The van der Waals surface area contributed by atoms with Crippen molar-refractivity contribution in [1.29, 1.82) is 0 Å². The molecule has 4 heteroatoms. The van der Waals surface area contributed by atoms with Gasteiger partial charge in [0.25, 0.3) is 0 Å². The molecule has 42 heavy (non-hydrogen) atoms. The van der Waals surface area contributed by atoms with Gasteiger partial charge in [-0.2, -0.15) is 0 Å². The van der Waals surface area contributed by atoms with Crippen LogP contribution in [0.15, 0.2) is 61.7 Å². The van der Waals surface area contributed by atoms with E-state index in [2.05, 4.69) is 88.6 Å². The van der Waals surface area contributed by atoms with Gasteiger partial charge in [0, 0.05) is 53.7 Å². The number of hydrogen-bond acceptors (Lipinski definition) is 1. The van der Waals surface area contributed by atoms with E-state index in [1.807, 2.05) is 19.1 Å². The minimum atomic E-state index is 0.00778. The molecule has 1 nitrogen and oxygen atoms in total. The van der Waals surface area contributed by atoms with Gasteiger partial charge in [0.1, 0.15) is 0 Å². The summed E-state index contributed by atoms with van der Waals surface area (Å²) in [7, 11) is 0. The molecule has 0 amide bonds. The van der Waals surface area contributed by atoms with Gasteiger partial charge in [0.2, 0.25) is 0 Å². The van der Waals surface area contributed by atoms with E-state index >= 15 is 0 Å². The van der Waals surface area contributed by atoms with Gasteiger partial charge >= 0.3 is 0 Å². The second-order valence-electron chi connectivity index (χ2n) is 11.6. The highest BCUT2D eigenvalue weighted by Gasteiger charge is 2.27. The van der Waals surface area contributed by atoms with E-state index in [0.717, 1.165) is 88.9 Å². The van der Waals surface area contributed by atoms with Crippen LogP contribution >= 0.6 is 34.8 Å². The molecule has 0 aromatic heterocycles. The number of anilines is 1. The van der Waals surface area contributed by atoms with E-state index in [4.69, 9.17) is 34.8 Å². The number of allylic oxidation sites excluding steroid dienone is 1. The maximum absolute atomic E-state index is 7.26. The molecule has 0 aliphatic carbocycles. The van der Waals surface area contributed by atoms with Crippen molar-refractivity contribution in [2.75, 3.05) is 5.32 Å². The summed E-state index contributed by atoms with van der Waals surface area (Å²) in [4.78, 5) is 0. The van der Waals surface area contributed by atoms with Gasteiger partial charge < -0.3 is 5.32 Å². The molecule has 0 saturated heterocycles. The van der Waals surface area contributed by atoms with Crippen molar-refractivity contribution < 1.29 is 0 Å². The molecule has 6 aromatic rings. The van der Waals surface area contributed by atoms with Crippen molar-refractivity contribution in [1.82, 2.24) is 0 Å². The van der Waals surface area contributed by atoms with Crippen molar-refractivity contribution in [2.45, 2.75) is 53.5 Å². The summed E-state index contributed by atoms with van der Waals surface area (Å²) >= 11 is 21.7. The topological polar surface area (TPSA) is 12.0 Å². The maximum Gasteiger partial charge on any atom is 0.0497 e. The van der Waals surface area contributed by atoms with E-state index < -0.39 is 0 Å². The molecule has 6 aromatic carbocycles. The van der Waals surface area contributed by atoms with Crippen LogP contribution in [0.3, 0.4) is 0 Å². The summed E-state index contributed by atoms with van der Waals surface area (Å²) in [6.45, 7) is 19.3. The van der Waals surface area contributed by atoms with Crippen molar-refractivity contribution in [3.63, 3.8) is 0 Å². The molecule has 0 radical (unpaired) electrons. The highest BCUT2D eigenvalue weighted by Crippen LogP contribution is 2.52. The van der Waals surface area contributed by atoms with Crippen LogP contribution < -0.4 is 5.32 Å². The number of aryl methyl sites for hydroxylation is 3. The Morgan fingerprint density at radius 2 is 1.43 bits per heavy atom. The molecule has 0 saturated carbocycles. The number of rotatable bonds is 7. The van der Waals surface area contributed by atoms with Crippen LogP contribution in [0.5, 0.6) is 0 Å². The van der Waals surface area contributed by atoms with Gasteiger partial charge in [-0.3, -0.25) is 0 Å². The van der Waals surface area contributed by atoms with Crippen LogP contribution in [0.25, 0.3) is 54.7 Å². The van der Waals surface area contributed by atoms with Gasteiger partial charge in [0.05, 0.1) is 0 Å². The zero-order valence-electron chi connectivity index (χ0n) is 24.7. The lowest BCUT2D eigenvalue weighted by Crippen LogP contribution is -2.10. The smallest absolute Gasteiger partial charge is 0.0497 e. The van der Waals surface area contributed by atoms with Crippen LogP contribution in [0.1, 0.15) is 66.6 Å². The van der Waals surface area contributed by atoms with Crippen LogP contribution in [0.2, 0.25) is 15.1 Å². The zero-order valence-corrected chi connectivity index (χ0v) is 27.0. The predicted molar refractivity (Wildman–Crippen MR) is 189 cm³/mol. The predicted octanol–water partition coefficient (Wildman–Crippen LogP) is 13.1. The fourth-order valence-corrected chi connectivity index (χ4v) is 7.79. The lowest BCUT2D eigenvalue weighted by Gasteiger charge is -2.27. The quantitative estimate of drug-likeness (QED) is 0.140. The first-order valence-corrected chi connectivity index (χ1v) is 15.6. The molecular weight excluding hydrogens is 577 g/mol. The van der Waals surface area contributed by atoms with Crippen molar-refractivity contribution in [3.8, 4) is 0 Å². The maximum atomic E-state index is 7.26. The Morgan fingerprint density at radius 3 is 2.07 bits per heavy atom. The highest BCUT2D eigenvalue weighted by molar-refractivity contribution is 6.51. The van der Waals surface area contributed by atoms with Crippen LogP contribution in [-0.4, -0.2) is 0 Å². The first kappa shape index (κ1) is 28.9. The normalized spacial score (nSPS) is 12.6. The fraction of sp³-hybridized carbons (Fsp3) is 0.211. The fourth-order valence-electron chi connectivity index (χ4n) is 6.86. The molecule has 0 heterocycles. The summed E-state index contributed by atoms with van der Waals surface area (Å²) < 4.78 is 0. The van der Waals surface area contributed by atoms with E-state index in [1.165, 1.54) is 16.7 Å². The number of para-hydroxylation sites is 1. The monoisotopic (exact) mass is 609 g/mol. The summed E-state index contributed by atoms with van der Waals surface area (Å²) in [6, 6.07) is 16.9. The van der Waals surface area contributed by atoms with E-state index in [0.29, 0.717) is 10.0 Å². The van der Waals surface area contributed by atoms with Gasteiger partial charge in [-0.15, -0.1) is 0 Å². The molecule has 0 spiro atoms. The third-order valence-corrected chi connectivity index (χ3v) is 9.58. The lowest BCUT2D eigenvalue weighted by molar-refractivity contribution is 0.891. The minimum absolute atomic E-state index is 0.00778. The third-order valence-electron chi connectivity index (χ3n) is 8.69. The third kappa shape index (κ3) is 4.29. The van der Waals surface area contributed by atoms with Gasteiger partial charge in [0.15, 0.2) is 0 Å². The van der Waals surface area contributed by atoms with Crippen LogP contribution in [-0.2, 0) is 6.42 Å². The molecule has 212 valence electrons. The first-order chi connectivity index (χ1) is 20.1. The summed E-state index contributed by atoms with van der Waals surface area (Å²) in [5.74, 6) is 0. The molecule has 0 fully saturated rings. The Kier molecular flexibility index (Phi) is 7.42. The SMILES string of the molecule is C=Cc1cc(Cl)c2c3c(Cl)cc(C(=C)C)c4c(C(C)Nc5ccccc5C)cc(C)c(c5c(Cl)cc(CCC)c1c52)c43. The minimum Gasteiger partial charge on any atom is -0.378 e. The molecule has 0 bridgehead atoms. The van der Waals surface area contributed by atoms with Crippen molar-refractivity contribution in [3.05, 3.63) is 110 Å². The lowest BCUT2D eigenvalue weighted by atomic mass is 9.81. The summed E-state index contributed by atoms with van der Waals surface area (Å²) in [6.07, 6.45) is 3.80. The second kappa shape index (κ2) is 10.8. The molecule has 1 atom stereocenters. The molecule has 0 aliphatic heterocycles. The number of halogens is 3. The standard InChI is InChI=1S/C38H34Cl3N/c1-8-12-24-17-28(40)34-31-21(6)15-26(22(7)42-30-14-11-10-13-20(30)5)33-25(19(3)4)18-29(41)36(37(31)33)35-27(39)16-23(9-2)32(24)38(34)35/h9-11,13-18,22,42H,2-3,8,12H2,1,4-7H3. The Labute approximate surface area is 263 Å². The van der Waals surface area contributed by atoms with Crippen LogP contribution in [0, 0.1) is 13.8 Å². The Morgan fingerprint density at radius 1 is 0.810 bits per heavy atom. The Balaban J connectivity index is 1.87. The average molecular weight is 611 g/mol. The number of fused-ring (bicyclic) bond motifs is 2. The first-order valence-electron chi connectivity index (χ1n) is 14.5. The van der Waals surface area contributed by atoms with E-state index in [-0.39, 0.29) is 6.04 Å². The number of nitrogens with one attached hydrogen (secondary N) is 1. The van der Waals surface area contributed by atoms with Gasteiger partial charge in [-0.1, -0.05) is 97.2 Å². The van der Waals surface area contributed by atoms with Gasteiger partial charge in [-0.05, 0) is 108 Å². The van der Waals surface area contributed by atoms with Crippen molar-refractivity contribution >= 4 is 95.2 Å². The number of benzene rings is 6. The molecule has 1 N–H and O–H groups in total. The second-order valence-corrected chi connectivity index (χ2v) is 12.8. The van der Waals surface area contributed by atoms with E-state index in [9.17, 15) is 0 Å². The van der Waals surface area contributed by atoms with E-state index in [1.54, 1.807) is 0 Å². The molecular formula is C38H34Cl3N. The highest BCUT2D eigenvalue weighted by atomic mass is 35.5. The molecule has 1 unspecified atom stereocenters. The zero-order chi connectivity index (χ0) is 30.0. The summed E-state index contributed by atoms with van der Waals surface area (Å²) in [5, 5.41) is 14.3. The molecule has 6 rings (SSSR count). The largest absolute Gasteiger partial charge is 0.378 e. The van der Waals surface area contributed by atoms with Crippen molar-refractivity contribution in [2.24, 2.45) is 0 Å². The summed E-state index contributed by atoms with van der Waals surface area (Å²) in [5.41, 5.74) is 8.84. The average Bonchev–Trinajstić information content (AvgIpc) is 2.95. The van der Waals surface area contributed by atoms with Crippen LogP contribution in [0.4, 0.5) is 5.69 Å². The Hall–Kier alpha value is -3.23. The van der Waals surface area contributed by atoms with Gasteiger partial charge in [-0.25, -0.2) is 0 Å². The molecule has 0 aliphatic rings. The number of hydrogen-bond donors (Lipinski definition) is 1.